The monoisotopic (exact) mass is 369 g/mol. The summed E-state index contributed by atoms with van der Waals surface area (Å²) < 4.78 is 11.3. The first-order valence-corrected chi connectivity index (χ1v) is 9.89. The van der Waals surface area contributed by atoms with Crippen LogP contribution in [-0.4, -0.2) is 18.6 Å². The van der Waals surface area contributed by atoms with E-state index in [4.69, 9.17) is 9.47 Å². The molecule has 0 saturated carbocycles. The Bertz CT molecular complexity index is 678. The van der Waals surface area contributed by atoms with Crippen molar-refractivity contribution >= 4 is 11.6 Å². The molecule has 0 bridgehead atoms. The molecule has 0 fully saturated rings. The molecule has 4 heteroatoms. The van der Waals surface area contributed by atoms with Crippen LogP contribution in [0.15, 0.2) is 48.5 Å². The minimum absolute atomic E-state index is 0.113. The first-order valence-electron chi connectivity index (χ1n) is 9.89. The van der Waals surface area contributed by atoms with E-state index in [9.17, 15) is 4.79 Å². The highest BCUT2D eigenvalue weighted by Crippen LogP contribution is 2.18. The molecule has 0 aliphatic rings. The Labute approximate surface area is 162 Å². The van der Waals surface area contributed by atoms with Gasteiger partial charge in [-0.15, -0.1) is 0 Å². The van der Waals surface area contributed by atoms with E-state index >= 15 is 0 Å². The summed E-state index contributed by atoms with van der Waals surface area (Å²) in [6.45, 7) is 6.90. The average molecular weight is 370 g/mol. The quantitative estimate of drug-likeness (QED) is 0.489. The van der Waals surface area contributed by atoms with E-state index in [0.29, 0.717) is 5.56 Å². The van der Waals surface area contributed by atoms with Crippen molar-refractivity contribution < 1.29 is 14.3 Å². The number of hydrogen-bond donors (Lipinski definition) is 1. The summed E-state index contributed by atoms with van der Waals surface area (Å²) in [7, 11) is 0. The van der Waals surface area contributed by atoms with Crippen molar-refractivity contribution in [2.24, 2.45) is 0 Å². The number of benzene rings is 2. The maximum atomic E-state index is 12.3. The van der Waals surface area contributed by atoms with Crippen LogP contribution < -0.4 is 14.8 Å². The van der Waals surface area contributed by atoms with E-state index in [2.05, 4.69) is 12.2 Å². The molecular weight excluding hydrogens is 338 g/mol. The second-order valence-electron chi connectivity index (χ2n) is 6.93. The molecule has 0 aromatic heterocycles. The summed E-state index contributed by atoms with van der Waals surface area (Å²) in [5, 5.41) is 2.90. The second-order valence-corrected chi connectivity index (χ2v) is 6.93. The SMILES string of the molecule is CCCCCCCOc1ccc(NC(=O)c2ccc(OC(C)C)cc2)cc1. The maximum absolute atomic E-state index is 12.3. The highest BCUT2D eigenvalue weighted by atomic mass is 16.5. The smallest absolute Gasteiger partial charge is 0.255 e. The van der Waals surface area contributed by atoms with Crippen molar-refractivity contribution in [3.63, 3.8) is 0 Å². The molecule has 0 atom stereocenters. The second kappa shape index (κ2) is 11.3. The fourth-order valence-electron chi connectivity index (χ4n) is 2.69. The van der Waals surface area contributed by atoms with Gasteiger partial charge in [0, 0.05) is 11.3 Å². The fraction of sp³-hybridized carbons (Fsp3) is 0.435. The number of hydrogen-bond acceptors (Lipinski definition) is 3. The van der Waals surface area contributed by atoms with Crippen LogP contribution in [-0.2, 0) is 0 Å². The predicted molar refractivity (Wildman–Crippen MR) is 111 cm³/mol. The molecule has 0 aliphatic carbocycles. The zero-order valence-corrected chi connectivity index (χ0v) is 16.7. The van der Waals surface area contributed by atoms with E-state index in [1.807, 2.05) is 50.2 Å². The van der Waals surface area contributed by atoms with Crippen LogP contribution in [0.3, 0.4) is 0 Å². The van der Waals surface area contributed by atoms with Crippen molar-refractivity contribution in [2.75, 3.05) is 11.9 Å². The van der Waals surface area contributed by atoms with Gasteiger partial charge >= 0.3 is 0 Å². The highest BCUT2D eigenvalue weighted by molar-refractivity contribution is 6.04. The number of rotatable bonds is 11. The maximum Gasteiger partial charge on any atom is 0.255 e. The lowest BCUT2D eigenvalue weighted by Crippen LogP contribution is -2.12. The Balaban J connectivity index is 1.78. The lowest BCUT2D eigenvalue weighted by molar-refractivity contribution is 0.102. The molecule has 4 nitrogen and oxygen atoms in total. The van der Waals surface area contributed by atoms with Crippen molar-refractivity contribution in [1.82, 2.24) is 0 Å². The minimum atomic E-state index is -0.143. The third kappa shape index (κ3) is 7.73. The third-order valence-electron chi connectivity index (χ3n) is 4.12. The zero-order valence-electron chi connectivity index (χ0n) is 16.7. The summed E-state index contributed by atoms with van der Waals surface area (Å²) in [5.41, 5.74) is 1.34. The molecule has 0 unspecified atom stereocenters. The number of ether oxygens (including phenoxy) is 2. The van der Waals surface area contributed by atoms with Gasteiger partial charge in [0.1, 0.15) is 11.5 Å². The van der Waals surface area contributed by atoms with Gasteiger partial charge < -0.3 is 14.8 Å². The molecule has 0 heterocycles. The van der Waals surface area contributed by atoms with Crippen LogP contribution in [0.1, 0.15) is 63.2 Å². The van der Waals surface area contributed by atoms with Crippen LogP contribution in [0.2, 0.25) is 0 Å². The standard InChI is InChI=1S/C23H31NO3/c1-4-5-6-7-8-17-26-21-15-11-20(12-16-21)24-23(25)19-9-13-22(14-10-19)27-18(2)3/h9-16,18H,4-8,17H2,1-3H3,(H,24,25). The van der Waals surface area contributed by atoms with Crippen LogP contribution in [0, 0.1) is 0 Å². The predicted octanol–water partition coefficient (Wildman–Crippen LogP) is 6.08. The Kier molecular flexibility index (Phi) is 8.69. The summed E-state index contributed by atoms with van der Waals surface area (Å²) in [6, 6.07) is 14.7. The van der Waals surface area contributed by atoms with Gasteiger partial charge in [-0.3, -0.25) is 4.79 Å². The van der Waals surface area contributed by atoms with Gasteiger partial charge in [0.05, 0.1) is 12.7 Å². The van der Waals surface area contributed by atoms with Gasteiger partial charge in [-0.05, 0) is 68.8 Å². The number of unbranched alkanes of at least 4 members (excludes halogenated alkanes) is 4. The van der Waals surface area contributed by atoms with E-state index in [-0.39, 0.29) is 12.0 Å². The summed E-state index contributed by atoms with van der Waals surface area (Å²) in [5.74, 6) is 1.45. The first-order chi connectivity index (χ1) is 13.1. The largest absolute Gasteiger partial charge is 0.494 e. The summed E-state index contributed by atoms with van der Waals surface area (Å²) in [6.07, 6.45) is 6.22. The van der Waals surface area contributed by atoms with E-state index in [1.165, 1.54) is 25.7 Å². The third-order valence-corrected chi connectivity index (χ3v) is 4.12. The molecule has 27 heavy (non-hydrogen) atoms. The van der Waals surface area contributed by atoms with Gasteiger partial charge in [0.15, 0.2) is 0 Å². The molecule has 0 radical (unpaired) electrons. The molecule has 2 rings (SSSR count). The van der Waals surface area contributed by atoms with Gasteiger partial charge in [0.25, 0.3) is 5.91 Å². The van der Waals surface area contributed by atoms with Gasteiger partial charge in [0.2, 0.25) is 0 Å². The van der Waals surface area contributed by atoms with E-state index in [0.717, 1.165) is 30.2 Å². The fourth-order valence-corrected chi connectivity index (χ4v) is 2.69. The summed E-state index contributed by atoms with van der Waals surface area (Å²) >= 11 is 0. The van der Waals surface area contributed by atoms with Crippen LogP contribution in [0.5, 0.6) is 11.5 Å². The normalized spacial score (nSPS) is 10.7. The molecule has 1 amide bonds. The lowest BCUT2D eigenvalue weighted by atomic mass is 10.2. The Hall–Kier alpha value is -2.49. The molecule has 0 spiro atoms. The van der Waals surface area contributed by atoms with E-state index in [1.54, 1.807) is 12.1 Å². The molecule has 1 N–H and O–H groups in total. The molecular formula is C23H31NO3. The minimum Gasteiger partial charge on any atom is -0.494 e. The number of nitrogens with one attached hydrogen (secondary N) is 1. The molecule has 0 aliphatic heterocycles. The Morgan fingerprint density at radius 1 is 0.889 bits per heavy atom. The van der Waals surface area contributed by atoms with Crippen LogP contribution >= 0.6 is 0 Å². The number of anilines is 1. The molecule has 2 aromatic carbocycles. The Morgan fingerprint density at radius 2 is 1.52 bits per heavy atom. The highest BCUT2D eigenvalue weighted by Gasteiger charge is 2.07. The topological polar surface area (TPSA) is 47.6 Å². The molecule has 0 saturated heterocycles. The van der Waals surface area contributed by atoms with Crippen molar-refractivity contribution in [3.8, 4) is 11.5 Å². The average Bonchev–Trinajstić information content (AvgIpc) is 2.66. The lowest BCUT2D eigenvalue weighted by Gasteiger charge is -2.11. The van der Waals surface area contributed by atoms with Crippen molar-refractivity contribution in [2.45, 2.75) is 59.0 Å². The Morgan fingerprint density at radius 3 is 2.15 bits per heavy atom. The van der Waals surface area contributed by atoms with Gasteiger partial charge in [-0.2, -0.15) is 0 Å². The first kappa shape index (κ1) is 20.8. The number of carbonyl (C=O) groups excluding carboxylic acids is 1. The molecule has 146 valence electrons. The van der Waals surface area contributed by atoms with Gasteiger partial charge in [-0.25, -0.2) is 0 Å². The van der Waals surface area contributed by atoms with Gasteiger partial charge in [-0.1, -0.05) is 32.6 Å². The zero-order chi connectivity index (χ0) is 19.5. The van der Waals surface area contributed by atoms with E-state index < -0.39 is 0 Å². The van der Waals surface area contributed by atoms with Crippen molar-refractivity contribution in [3.05, 3.63) is 54.1 Å². The summed E-state index contributed by atoms with van der Waals surface area (Å²) in [4.78, 5) is 12.3. The van der Waals surface area contributed by atoms with Crippen molar-refractivity contribution in [1.29, 1.82) is 0 Å². The van der Waals surface area contributed by atoms with Crippen LogP contribution in [0.4, 0.5) is 5.69 Å². The van der Waals surface area contributed by atoms with Crippen LogP contribution in [0.25, 0.3) is 0 Å². The number of carbonyl (C=O) groups is 1. The number of amides is 1. The molecule has 2 aromatic rings.